The Labute approximate surface area is 175 Å². The molecule has 5 heteroatoms. The van der Waals surface area contributed by atoms with E-state index in [2.05, 4.69) is 41.0 Å². The Kier molecular flexibility index (Phi) is 2.55. The maximum Gasteiger partial charge on any atom is 0.264 e. The second kappa shape index (κ2) is 5.08. The molecule has 0 atom stereocenters. The van der Waals surface area contributed by atoms with Crippen LogP contribution in [-0.2, 0) is 6.54 Å². The van der Waals surface area contributed by atoms with Crippen molar-refractivity contribution < 1.29 is 0 Å². The largest absolute Gasteiger partial charge is 0.319 e. The van der Waals surface area contributed by atoms with E-state index in [-0.39, 0.29) is 5.56 Å². The second-order valence-electron chi connectivity index (χ2n) is 8.26. The van der Waals surface area contributed by atoms with Gasteiger partial charge in [-0.2, -0.15) is 0 Å². The van der Waals surface area contributed by atoms with Gasteiger partial charge in [-0.05, 0) is 47.3 Å². The maximum atomic E-state index is 13.6. The van der Waals surface area contributed by atoms with Crippen LogP contribution in [0.15, 0.2) is 77.6 Å². The first-order chi connectivity index (χ1) is 15.3. The van der Waals surface area contributed by atoms with E-state index in [0.29, 0.717) is 0 Å². The highest BCUT2D eigenvalue weighted by Crippen LogP contribution is 2.41. The molecule has 0 N–H and O–H groups in total. The summed E-state index contributed by atoms with van der Waals surface area (Å²) >= 11 is 0. The highest BCUT2D eigenvalue weighted by atomic mass is 16.1. The van der Waals surface area contributed by atoms with Gasteiger partial charge < -0.3 is 4.57 Å². The third-order valence-corrected chi connectivity index (χ3v) is 6.71. The van der Waals surface area contributed by atoms with Crippen LogP contribution in [0.1, 0.15) is 5.56 Å². The molecule has 0 spiro atoms. The molecule has 3 aromatic heterocycles. The number of pyridine rings is 1. The van der Waals surface area contributed by atoms with Crippen molar-refractivity contribution in [2.75, 3.05) is 0 Å². The van der Waals surface area contributed by atoms with Crippen molar-refractivity contribution in [2.24, 2.45) is 0 Å². The van der Waals surface area contributed by atoms with Gasteiger partial charge in [-0.25, -0.2) is 9.97 Å². The van der Waals surface area contributed by atoms with E-state index >= 15 is 0 Å². The summed E-state index contributed by atoms with van der Waals surface area (Å²) < 4.78 is 4.03. The lowest BCUT2D eigenvalue weighted by molar-refractivity contribution is 0.831. The van der Waals surface area contributed by atoms with Gasteiger partial charge in [0.05, 0.1) is 28.6 Å². The number of rotatable bonds is 0. The maximum absolute atomic E-state index is 13.6. The highest BCUT2D eigenvalue weighted by molar-refractivity contribution is 6.20. The fourth-order valence-corrected chi connectivity index (χ4v) is 5.39. The van der Waals surface area contributed by atoms with Crippen molar-refractivity contribution in [3.63, 3.8) is 0 Å². The predicted octanol–water partition coefficient (Wildman–Crippen LogP) is 4.97. The number of hydrogen-bond donors (Lipinski definition) is 0. The number of para-hydroxylation sites is 4. The SMILES string of the molecule is O=c1c2ccc3c4c(ccc(c42)c2nc4ccccc4n12)Cn1c-3nc2ccccc21. The minimum absolute atomic E-state index is 0.0148. The van der Waals surface area contributed by atoms with E-state index in [4.69, 9.17) is 9.97 Å². The molecule has 0 saturated carbocycles. The number of aromatic nitrogens is 4. The van der Waals surface area contributed by atoms with E-state index in [9.17, 15) is 4.79 Å². The lowest BCUT2D eigenvalue weighted by Gasteiger charge is -2.21. The number of fused-ring (bicyclic) bond motifs is 8. The molecule has 1 aliphatic rings. The Balaban J connectivity index is 1.62. The number of imidazole rings is 2. The van der Waals surface area contributed by atoms with Crippen molar-refractivity contribution in [3.05, 3.63) is 88.7 Å². The standard InChI is InChI=1S/C26H14N4O/c31-26-17-12-11-15-22-14(13-29-20-7-3-1-5-18(20)27-24(15)29)9-10-16(23(17)22)25-28-19-6-2-4-8-21(19)30(25)26/h1-12H,13H2. The number of nitrogens with zero attached hydrogens (tertiary/aromatic N) is 4. The van der Waals surface area contributed by atoms with Gasteiger partial charge in [-0.15, -0.1) is 0 Å². The van der Waals surface area contributed by atoms with Crippen LogP contribution in [-0.4, -0.2) is 18.9 Å². The summed E-state index contributed by atoms with van der Waals surface area (Å²) in [6, 6.07) is 24.4. The molecule has 0 fully saturated rings. The molecular formula is C26H14N4O. The molecule has 7 aromatic rings. The molecule has 0 radical (unpaired) electrons. The lowest BCUT2D eigenvalue weighted by atomic mass is 9.91. The van der Waals surface area contributed by atoms with Gasteiger partial charge in [0.1, 0.15) is 11.5 Å². The minimum Gasteiger partial charge on any atom is -0.319 e. The van der Waals surface area contributed by atoms with Crippen molar-refractivity contribution in [1.82, 2.24) is 18.9 Å². The Hall–Kier alpha value is -4.25. The van der Waals surface area contributed by atoms with Crippen molar-refractivity contribution in [2.45, 2.75) is 6.54 Å². The third-order valence-electron chi connectivity index (χ3n) is 6.71. The monoisotopic (exact) mass is 398 g/mol. The van der Waals surface area contributed by atoms with Crippen LogP contribution in [0.25, 0.3) is 60.6 Å². The summed E-state index contributed by atoms with van der Waals surface area (Å²) in [5.41, 5.74) is 6.81. The second-order valence-corrected chi connectivity index (χ2v) is 8.26. The first-order valence-corrected chi connectivity index (χ1v) is 10.4. The molecular weight excluding hydrogens is 384 g/mol. The van der Waals surface area contributed by atoms with Gasteiger partial charge in [0.25, 0.3) is 5.56 Å². The molecule has 0 bridgehead atoms. The van der Waals surface area contributed by atoms with Gasteiger partial charge in [-0.3, -0.25) is 9.20 Å². The van der Waals surface area contributed by atoms with E-state index in [1.54, 1.807) is 4.40 Å². The van der Waals surface area contributed by atoms with Crippen LogP contribution in [0, 0.1) is 0 Å². The quantitative estimate of drug-likeness (QED) is 0.362. The molecule has 31 heavy (non-hydrogen) atoms. The van der Waals surface area contributed by atoms with Crippen molar-refractivity contribution >= 4 is 49.3 Å². The van der Waals surface area contributed by atoms with E-state index < -0.39 is 0 Å². The van der Waals surface area contributed by atoms with Gasteiger partial charge in [0.2, 0.25) is 0 Å². The van der Waals surface area contributed by atoms with E-state index in [0.717, 1.165) is 67.2 Å². The fourth-order valence-electron chi connectivity index (χ4n) is 5.39. The average molecular weight is 398 g/mol. The first-order valence-electron chi connectivity index (χ1n) is 10.4. The predicted molar refractivity (Wildman–Crippen MR) is 123 cm³/mol. The molecule has 8 rings (SSSR count). The number of benzene rings is 4. The molecule has 4 aromatic carbocycles. The average Bonchev–Trinajstić information content (AvgIpc) is 3.38. The molecule has 0 saturated heterocycles. The van der Waals surface area contributed by atoms with Crippen LogP contribution in [0.5, 0.6) is 0 Å². The number of hydrogen-bond acceptors (Lipinski definition) is 3. The topological polar surface area (TPSA) is 52.2 Å². The van der Waals surface area contributed by atoms with Crippen LogP contribution in [0.2, 0.25) is 0 Å². The summed E-state index contributed by atoms with van der Waals surface area (Å²) in [7, 11) is 0. The Morgan fingerprint density at radius 1 is 0.710 bits per heavy atom. The van der Waals surface area contributed by atoms with E-state index in [1.807, 2.05) is 36.4 Å². The van der Waals surface area contributed by atoms with Crippen LogP contribution in [0.3, 0.4) is 0 Å². The summed E-state index contributed by atoms with van der Waals surface area (Å²) in [6.07, 6.45) is 0. The molecule has 0 aliphatic carbocycles. The Morgan fingerprint density at radius 2 is 1.45 bits per heavy atom. The van der Waals surface area contributed by atoms with Crippen molar-refractivity contribution in [3.8, 4) is 11.4 Å². The fraction of sp³-hybridized carbons (Fsp3) is 0.0385. The smallest absolute Gasteiger partial charge is 0.264 e. The van der Waals surface area contributed by atoms with Crippen LogP contribution in [0.4, 0.5) is 0 Å². The lowest BCUT2D eigenvalue weighted by Crippen LogP contribution is -2.15. The summed E-state index contributed by atoms with van der Waals surface area (Å²) in [6.45, 7) is 0.744. The molecule has 0 unspecified atom stereocenters. The molecule has 0 amide bonds. The summed E-state index contributed by atoms with van der Waals surface area (Å²) in [4.78, 5) is 23.4. The zero-order valence-corrected chi connectivity index (χ0v) is 16.3. The third kappa shape index (κ3) is 1.73. The van der Waals surface area contributed by atoms with Crippen LogP contribution < -0.4 is 5.56 Å². The Bertz CT molecular complexity index is 1940. The van der Waals surface area contributed by atoms with E-state index in [1.165, 1.54) is 5.56 Å². The summed E-state index contributed by atoms with van der Waals surface area (Å²) in [5, 5.41) is 3.87. The Morgan fingerprint density at radius 3 is 2.32 bits per heavy atom. The zero-order valence-electron chi connectivity index (χ0n) is 16.3. The highest BCUT2D eigenvalue weighted by Gasteiger charge is 2.25. The summed E-state index contributed by atoms with van der Waals surface area (Å²) in [5.74, 6) is 0.962. The van der Waals surface area contributed by atoms with Gasteiger partial charge in [0, 0.05) is 21.7 Å². The van der Waals surface area contributed by atoms with Gasteiger partial charge >= 0.3 is 0 Å². The van der Waals surface area contributed by atoms with Gasteiger partial charge in [-0.1, -0.05) is 36.4 Å². The molecule has 5 nitrogen and oxygen atoms in total. The molecule has 144 valence electrons. The zero-order chi connectivity index (χ0) is 20.3. The molecule has 4 heterocycles. The van der Waals surface area contributed by atoms with Gasteiger partial charge in [0.15, 0.2) is 0 Å². The minimum atomic E-state index is -0.0148. The first kappa shape index (κ1) is 15.6. The van der Waals surface area contributed by atoms with Crippen molar-refractivity contribution in [1.29, 1.82) is 0 Å². The normalized spacial score (nSPS) is 13.2. The molecule has 1 aliphatic heterocycles. The van der Waals surface area contributed by atoms with Crippen LogP contribution >= 0.6 is 0 Å².